The predicted octanol–water partition coefficient (Wildman–Crippen LogP) is 3.80. The zero-order valence-electron chi connectivity index (χ0n) is 9.42. The van der Waals surface area contributed by atoms with Crippen molar-refractivity contribution in [1.82, 2.24) is 0 Å². The van der Waals surface area contributed by atoms with Crippen LogP contribution in [0.15, 0.2) is 12.1 Å². The van der Waals surface area contributed by atoms with Gasteiger partial charge in [-0.15, -0.1) is 0 Å². The third kappa shape index (κ3) is 4.78. The molecule has 0 spiro atoms. The van der Waals surface area contributed by atoms with Crippen LogP contribution in [-0.4, -0.2) is 30.0 Å². The lowest BCUT2D eigenvalue weighted by atomic mass is 10.2. The SMILES string of the molecule is O=C(Nc1c(Cl)cc(C(=O)O)cc1Cl)OCC(F)(F)F. The second-order valence-electron chi connectivity index (χ2n) is 3.44. The Morgan fingerprint density at radius 2 is 1.75 bits per heavy atom. The zero-order valence-corrected chi connectivity index (χ0v) is 10.9. The Morgan fingerprint density at radius 1 is 1.25 bits per heavy atom. The molecular weight excluding hydrogens is 326 g/mol. The average molecular weight is 332 g/mol. The number of benzene rings is 1. The summed E-state index contributed by atoms with van der Waals surface area (Å²) in [6.07, 6.45) is -6.09. The van der Waals surface area contributed by atoms with Crippen molar-refractivity contribution < 1.29 is 32.6 Å². The van der Waals surface area contributed by atoms with Crippen LogP contribution in [-0.2, 0) is 4.74 Å². The van der Waals surface area contributed by atoms with Crippen molar-refractivity contribution in [3.8, 4) is 0 Å². The van der Waals surface area contributed by atoms with Gasteiger partial charge in [0.15, 0.2) is 6.61 Å². The van der Waals surface area contributed by atoms with Gasteiger partial charge in [0, 0.05) is 0 Å². The van der Waals surface area contributed by atoms with Gasteiger partial charge in [-0.05, 0) is 12.1 Å². The van der Waals surface area contributed by atoms with Crippen LogP contribution < -0.4 is 5.32 Å². The molecule has 1 amide bonds. The van der Waals surface area contributed by atoms with Gasteiger partial charge in [0.2, 0.25) is 0 Å². The molecule has 1 aromatic carbocycles. The van der Waals surface area contributed by atoms with E-state index in [4.69, 9.17) is 28.3 Å². The summed E-state index contributed by atoms with van der Waals surface area (Å²) in [5.41, 5.74) is -0.486. The fourth-order valence-electron chi connectivity index (χ4n) is 1.10. The molecule has 0 aliphatic rings. The van der Waals surface area contributed by atoms with Crippen LogP contribution in [0.2, 0.25) is 10.0 Å². The highest BCUT2D eigenvalue weighted by atomic mass is 35.5. The maximum atomic E-state index is 11.8. The van der Waals surface area contributed by atoms with Crippen LogP contribution in [0.1, 0.15) is 10.4 Å². The molecule has 20 heavy (non-hydrogen) atoms. The van der Waals surface area contributed by atoms with Gasteiger partial charge in [-0.2, -0.15) is 13.2 Å². The van der Waals surface area contributed by atoms with Gasteiger partial charge in [0.1, 0.15) is 0 Å². The number of halogens is 5. The highest BCUT2D eigenvalue weighted by molar-refractivity contribution is 6.40. The molecule has 0 atom stereocenters. The molecule has 110 valence electrons. The van der Waals surface area contributed by atoms with Crippen molar-refractivity contribution in [3.63, 3.8) is 0 Å². The summed E-state index contributed by atoms with van der Waals surface area (Å²) < 4.78 is 39.4. The number of carboxylic acids is 1. The first kappa shape index (κ1) is 16.4. The van der Waals surface area contributed by atoms with Crippen LogP contribution in [0.25, 0.3) is 0 Å². The van der Waals surface area contributed by atoms with E-state index in [1.807, 2.05) is 5.32 Å². The van der Waals surface area contributed by atoms with E-state index < -0.39 is 24.8 Å². The van der Waals surface area contributed by atoms with Crippen molar-refractivity contribution >= 4 is 41.0 Å². The Balaban J connectivity index is 2.83. The monoisotopic (exact) mass is 331 g/mol. The Hall–Kier alpha value is -1.67. The number of amides is 1. The van der Waals surface area contributed by atoms with Crippen LogP contribution in [0, 0.1) is 0 Å². The number of alkyl halides is 3. The van der Waals surface area contributed by atoms with Gasteiger partial charge < -0.3 is 9.84 Å². The standard InChI is InChI=1S/C10H6Cl2F3NO4/c11-5-1-4(8(17)18)2-6(12)7(5)16-9(19)20-3-10(13,14)15/h1-2H,3H2,(H,16,19)(H,17,18). The minimum atomic E-state index is -4.67. The predicted molar refractivity (Wildman–Crippen MR) is 64.4 cm³/mol. The Morgan fingerprint density at radius 3 is 2.15 bits per heavy atom. The summed E-state index contributed by atoms with van der Waals surface area (Å²) in [5.74, 6) is -1.31. The number of hydrogen-bond acceptors (Lipinski definition) is 3. The van der Waals surface area contributed by atoms with E-state index in [9.17, 15) is 22.8 Å². The molecule has 1 rings (SSSR count). The van der Waals surface area contributed by atoms with E-state index in [-0.39, 0.29) is 21.3 Å². The molecule has 0 saturated heterocycles. The smallest absolute Gasteiger partial charge is 0.422 e. The second kappa shape index (κ2) is 6.19. The molecule has 2 N–H and O–H groups in total. The molecule has 5 nitrogen and oxygen atoms in total. The molecule has 0 fully saturated rings. The number of carbonyl (C=O) groups excluding carboxylic acids is 1. The Bertz CT molecular complexity index is 525. The largest absolute Gasteiger partial charge is 0.478 e. The number of nitrogens with one attached hydrogen (secondary N) is 1. The van der Waals surface area contributed by atoms with Crippen LogP contribution >= 0.6 is 23.2 Å². The van der Waals surface area contributed by atoms with Crippen molar-refractivity contribution in [2.24, 2.45) is 0 Å². The van der Waals surface area contributed by atoms with Crippen molar-refractivity contribution in [2.75, 3.05) is 11.9 Å². The number of carboxylic acid groups (broad SMARTS) is 1. The average Bonchev–Trinajstić information content (AvgIpc) is 2.30. The molecule has 0 unspecified atom stereocenters. The fraction of sp³-hybridized carbons (Fsp3) is 0.200. The molecule has 0 aliphatic carbocycles. The summed E-state index contributed by atoms with van der Waals surface area (Å²) >= 11 is 11.3. The maximum Gasteiger partial charge on any atom is 0.422 e. The van der Waals surface area contributed by atoms with Gasteiger partial charge in [0.25, 0.3) is 0 Å². The number of ether oxygens (including phenoxy) is 1. The summed E-state index contributed by atoms with van der Waals surface area (Å²) in [6.45, 7) is -1.78. The first-order valence-corrected chi connectivity index (χ1v) is 5.58. The van der Waals surface area contributed by atoms with E-state index in [0.717, 1.165) is 12.1 Å². The summed E-state index contributed by atoms with van der Waals surface area (Å²) in [5, 5.41) is 10.1. The van der Waals surface area contributed by atoms with Gasteiger partial charge in [-0.25, -0.2) is 9.59 Å². The number of anilines is 1. The van der Waals surface area contributed by atoms with Crippen molar-refractivity contribution in [2.45, 2.75) is 6.18 Å². The second-order valence-corrected chi connectivity index (χ2v) is 4.25. The molecule has 1 aromatic rings. The van der Waals surface area contributed by atoms with Gasteiger partial charge in [0.05, 0.1) is 21.3 Å². The summed E-state index contributed by atoms with van der Waals surface area (Å²) in [7, 11) is 0. The fourth-order valence-corrected chi connectivity index (χ4v) is 1.68. The number of aromatic carboxylic acids is 1. The zero-order chi connectivity index (χ0) is 15.5. The summed E-state index contributed by atoms with van der Waals surface area (Å²) in [4.78, 5) is 21.8. The third-order valence-corrected chi connectivity index (χ3v) is 2.48. The molecular formula is C10H6Cl2F3NO4. The van der Waals surface area contributed by atoms with Gasteiger partial charge >= 0.3 is 18.2 Å². The highest BCUT2D eigenvalue weighted by Gasteiger charge is 2.29. The highest BCUT2D eigenvalue weighted by Crippen LogP contribution is 2.32. The molecule has 0 saturated carbocycles. The lowest BCUT2D eigenvalue weighted by Gasteiger charge is -2.11. The normalized spacial score (nSPS) is 11.1. The van der Waals surface area contributed by atoms with E-state index in [0.29, 0.717) is 0 Å². The van der Waals surface area contributed by atoms with Crippen molar-refractivity contribution in [1.29, 1.82) is 0 Å². The van der Waals surface area contributed by atoms with E-state index in [2.05, 4.69) is 4.74 Å². The number of carbonyl (C=O) groups is 2. The van der Waals surface area contributed by atoms with E-state index in [1.54, 1.807) is 0 Å². The first-order chi connectivity index (χ1) is 9.10. The summed E-state index contributed by atoms with van der Waals surface area (Å²) in [6, 6.07) is 1.96. The van der Waals surface area contributed by atoms with E-state index >= 15 is 0 Å². The maximum absolute atomic E-state index is 11.8. The molecule has 0 radical (unpaired) electrons. The quantitative estimate of drug-likeness (QED) is 0.883. The van der Waals surface area contributed by atoms with Crippen LogP contribution in [0.3, 0.4) is 0 Å². The Labute approximate surface area is 120 Å². The third-order valence-electron chi connectivity index (χ3n) is 1.88. The van der Waals surface area contributed by atoms with Crippen LogP contribution in [0.4, 0.5) is 23.7 Å². The number of hydrogen-bond donors (Lipinski definition) is 2. The van der Waals surface area contributed by atoms with Gasteiger partial charge in [-0.3, -0.25) is 5.32 Å². The first-order valence-electron chi connectivity index (χ1n) is 4.83. The van der Waals surface area contributed by atoms with Gasteiger partial charge in [-0.1, -0.05) is 23.2 Å². The molecule has 0 aliphatic heterocycles. The minimum Gasteiger partial charge on any atom is -0.478 e. The number of rotatable bonds is 3. The molecule has 0 aromatic heterocycles. The van der Waals surface area contributed by atoms with Crippen molar-refractivity contribution in [3.05, 3.63) is 27.7 Å². The Kier molecular flexibility index (Phi) is 5.07. The minimum absolute atomic E-state index is 0.241. The lowest BCUT2D eigenvalue weighted by Crippen LogP contribution is -2.23. The molecule has 10 heteroatoms. The topological polar surface area (TPSA) is 75.6 Å². The lowest BCUT2D eigenvalue weighted by molar-refractivity contribution is -0.159. The van der Waals surface area contributed by atoms with E-state index in [1.165, 1.54) is 0 Å². The molecule has 0 heterocycles. The molecule has 0 bridgehead atoms. The van der Waals surface area contributed by atoms with Crippen LogP contribution in [0.5, 0.6) is 0 Å².